The van der Waals surface area contributed by atoms with Gasteiger partial charge in [-0.25, -0.2) is 4.68 Å². The van der Waals surface area contributed by atoms with Gasteiger partial charge in [-0.3, -0.25) is 0 Å². The molecule has 1 aromatic carbocycles. The molecule has 1 aromatic heterocycles. The molecule has 19 heavy (non-hydrogen) atoms. The molecule has 0 atom stereocenters. The van der Waals surface area contributed by atoms with Gasteiger partial charge in [0.05, 0.1) is 6.54 Å². The van der Waals surface area contributed by atoms with Crippen LogP contribution in [0.3, 0.4) is 0 Å². The summed E-state index contributed by atoms with van der Waals surface area (Å²) in [6.07, 6.45) is 0. The Morgan fingerprint density at radius 1 is 1.26 bits per heavy atom. The van der Waals surface area contributed by atoms with Crippen LogP contribution in [0.5, 0.6) is 0 Å². The molecule has 0 unspecified atom stereocenters. The SMILES string of the molecule is CCN(CC)c1nc(N)n(Cc2ccccc2Cl)n1. The average molecular weight is 280 g/mol. The van der Waals surface area contributed by atoms with Crippen LogP contribution in [-0.2, 0) is 6.54 Å². The van der Waals surface area contributed by atoms with Crippen molar-refractivity contribution in [2.75, 3.05) is 23.7 Å². The highest BCUT2D eigenvalue weighted by molar-refractivity contribution is 6.31. The molecule has 2 aromatic rings. The Morgan fingerprint density at radius 3 is 2.58 bits per heavy atom. The number of benzene rings is 1. The summed E-state index contributed by atoms with van der Waals surface area (Å²) in [5, 5.41) is 5.15. The average Bonchev–Trinajstić information content (AvgIpc) is 2.75. The van der Waals surface area contributed by atoms with Crippen molar-refractivity contribution in [1.82, 2.24) is 14.8 Å². The number of halogens is 1. The van der Waals surface area contributed by atoms with Crippen LogP contribution < -0.4 is 10.6 Å². The number of anilines is 2. The summed E-state index contributed by atoms with van der Waals surface area (Å²) in [4.78, 5) is 6.35. The minimum Gasteiger partial charge on any atom is -0.368 e. The third-order valence-electron chi connectivity index (χ3n) is 3.01. The van der Waals surface area contributed by atoms with E-state index in [-0.39, 0.29) is 0 Å². The standard InChI is InChI=1S/C13H18ClN5/c1-3-18(4-2)13-16-12(15)19(17-13)9-10-7-5-6-8-11(10)14/h5-8H,3-4,9H2,1-2H3,(H2,15,16,17). The minimum atomic E-state index is 0.404. The van der Waals surface area contributed by atoms with E-state index < -0.39 is 0 Å². The Labute approximate surface area is 118 Å². The highest BCUT2D eigenvalue weighted by Crippen LogP contribution is 2.18. The van der Waals surface area contributed by atoms with Crippen LogP contribution in [-0.4, -0.2) is 27.9 Å². The summed E-state index contributed by atoms with van der Waals surface area (Å²) in [6, 6.07) is 7.66. The van der Waals surface area contributed by atoms with Crippen LogP contribution in [0.4, 0.5) is 11.9 Å². The van der Waals surface area contributed by atoms with Crippen molar-refractivity contribution in [2.24, 2.45) is 0 Å². The van der Waals surface area contributed by atoms with Gasteiger partial charge in [-0.15, -0.1) is 5.10 Å². The molecule has 0 aliphatic rings. The Morgan fingerprint density at radius 2 is 1.95 bits per heavy atom. The van der Waals surface area contributed by atoms with Crippen molar-refractivity contribution >= 4 is 23.5 Å². The van der Waals surface area contributed by atoms with E-state index in [1.54, 1.807) is 4.68 Å². The highest BCUT2D eigenvalue weighted by Gasteiger charge is 2.12. The first-order valence-corrected chi connectivity index (χ1v) is 6.72. The number of aromatic nitrogens is 3. The molecular weight excluding hydrogens is 262 g/mol. The van der Waals surface area contributed by atoms with E-state index in [0.717, 1.165) is 18.7 Å². The predicted octanol–water partition coefficient (Wildman–Crippen LogP) is 2.41. The van der Waals surface area contributed by atoms with E-state index in [4.69, 9.17) is 17.3 Å². The van der Waals surface area contributed by atoms with Gasteiger partial charge in [-0.1, -0.05) is 29.8 Å². The minimum absolute atomic E-state index is 0.404. The van der Waals surface area contributed by atoms with Gasteiger partial charge < -0.3 is 10.6 Å². The van der Waals surface area contributed by atoms with Gasteiger partial charge >= 0.3 is 0 Å². The predicted molar refractivity (Wildman–Crippen MR) is 78.5 cm³/mol. The van der Waals surface area contributed by atoms with Crippen LogP contribution in [0.1, 0.15) is 19.4 Å². The number of nitrogens with two attached hydrogens (primary N) is 1. The van der Waals surface area contributed by atoms with Crippen LogP contribution >= 0.6 is 11.6 Å². The normalized spacial score (nSPS) is 10.7. The smallest absolute Gasteiger partial charge is 0.246 e. The van der Waals surface area contributed by atoms with Crippen LogP contribution in [0.25, 0.3) is 0 Å². The van der Waals surface area contributed by atoms with Crippen LogP contribution in [0.15, 0.2) is 24.3 Å². The van der Waals surface area contributed by atoms with E-state index in [2.05, 4.69) is 28.8 Å². The lowest BCUT2D eigenvalue weighted by molar-refractivity contribution is 0.686. The van der Waals surface area contributed by atoms with Gasteiger partial charge in [-0.05, 0) is 25.5 Å². The maximum atomic E-state index is 6.14. The monoisotopic (exact) mass is 279 g/mol. The Hall–Kier alpha value is -1.75. The zero-order valence-corrected chi connectivity index (χ0v) is 11.9. The molecule has 0 aliphatic heterocycles. The molecule has 0 spiro atoms. The molecule has 0 amide bonds. The molecule has 2 N–H and O–H groups in total. The largest absolute Gasteiger partial charge is 0.368 e. The summed E-state index contributed by atoms with van der Waals surface area (Å²) < 4.78 is 1.68. The zero-order valence-electron chi connectivity index (χ0n) is 11.2. The van der Waals surface area contributed by atoms with E-state index >= 15 is 0 Å². The molecule has 0 saturated carbocycles. The second kappa shape index (κ2) is 5.93. The molecule has 2 rings (SSSR count). The van der Waals surface area contributed by atoms with Gasteiger partial charge in [0.25, 0.3) is 0 Å². The molecular formula is C13H18ClN5. The molecule has 0 radical (unpaired) electrons. The maximum Gasteiger partial charge on any atom is 0.246 e. The van der Waals surface area contributed by atoms with Crippen molar-refractivity contribution in [3.8, 4) is 0 Å². The molecule has 0 saturated heterocycles. The highest BCUT2D eigenvalue weighted by atomic mass is 35.5. The van der Waals surface area contributed by atoms with Crippen molar-refractivity contribution in [2.45, 2.75) is 20.4 Å². The molecule has 102 valence electrons. The van der Waals surface area contributed by atoms with Gasteiger partial charge in [-0.2, -0.15) is 4.98 Å². The molecule has 6 heteroatoms. The maximum absolute atomic E-state index is 6.14. The van der Waals surface area contributed by atoms with Gasteiger partial charge in [0, 0.05) is 18.1 Å². The van der Waals surface area contributed by atoms with Crippen molar-refractivity contribution < 1.29 is 0 Å². The third-order valence-corrected chi connectivity index (χ3v) is 3.38. The number of hydrogen-bond donors (Lipinski definition) is 1. The van der Waals surface area contributed by atoms with Crippen LogP contribution in [0, 0.1) is 0 Å². The van der Waals surface area contributed by atoms with Crippen molar-refractivity contribution in [3.05, 3.63) is 34.9 Å². The van der Waals surface area contributed by atoms with Crippen LogP contribution in [0.2, 0.25) is 5.02 Å². The molecule has 1 heterocycles. The van der Waals surface area contributed by atoms with Gasteiger partial charge in [0.2, 0.25) is 11.9 Å². The fourth-order valence-electron chi connectivity index (χ4n) is 1.89. The van der Waals surface area contributed by atoms with Crippen molar-refractivity contribution in [3.63, 3.8) is 0 Å². The Balaban J connectivity index is 2.24. The second-order valence-electron chi connectivity index (χ2n) is 4.19. The summed E-state index contributed by atoms with van der Waals surface area (Å²) >= 11 is 6.14. The molecule has 0 fully saturated rings. The topological polar surface area (TPSA) is 60.0 Å². The lowest BCUT2D eigenvalue weighted by atomic mass is 10.2. The van der Waals surface area contributed by atoms with Gasteiger partial charge in [0.15, 0.2) is 0 Å². The van der Waals surface area contributed by atoms with E-state index in [9.17, 15) is 0 Å². The van der Waals surface area contributed by atoms with E-state index in [1.807, 2.05) is 24.3 Å². The first kappa shape index (κ1) is 13.7. The zero-order chi connectivity index (χ0) is 13.8. The van der Waals surface area contributed by atoms with E-state index in [0.29, 0.717) is 23.5 Å². The summed E-state index contributed by atoms with van der Waals surface area (Å²) in [6.45, 7) is 6.36. The third kappa shape index (κ3) is 2.98. The van der Waals surface area contributed by atoms with Crippen molar-refractivity contribution in [1.29, 1.82) is 0 Å². The fraction of sp³-hybridized carbons (Fsp3) is 0.385. The quantitative estimate of drug-likeness (QED) is 0.913. The van der Waals surface area contributed by atoms with Gasteiger partial charge in [0.1, 0.15) is 0 Å². The number of hydrogen-bond acceptors (Lipinski definition) is 4. The summed E-state index contributed by atoms with van der Waals surface area (Å²) in [5.74, 6) is 1.07. The lowest BCUT2D eigenvalue weighted by Crippen LogP contribution is -2.23. The Kier molecular flexibility index (Phi) is 4.27. The fourth-order valence-corrected chi connectivity index (χ4v) is 2.08. The molecule has 0 aliphatic carbocycles. The second-order valence-corrected chi connectivity index (χ2v) is 4.60. The first-order chi connectivity index (χ1) is 9.15. The summed E-state index contributed by atoms with van der Waals surface area (Å²) in [5.41, 5.74) is 6.88. The number of rotatable bonds is 5. The molecule has 5 nitrogen and oxygen atoms in total. The Bertz CT molecular complexity index is 548. The molecule has 0 bridgehead atoms. The number of nitrogen functional groups attached to an aromatic ring is 1. The first-order valence-electron chi connectivity index (χ1n) is 6.34. The number of nitrogens with zero attached hydrogens (tertiary/aromatic N) is 4. The summed E-state index contributed by atoms with van der Waals surface area (Å²) in [7, 11) is 0. The lowest BCUT2D eigenvalue weighted by Gasteiger charge is -2.15. The van der Waals surface area contributed by atoms with E-state index in [1.165, 1.54) is 0 Å².